The molecule has 0 aliphatic rings. The molecule has 5 rings (SSSR count). The molecule has 5 aromatic rings. The third kappa shape index (κ3) is 3.02. The van der Waals surface area contributed by atoms with Crippen molar-refractivity contribution < 1.29 is 9.21 Å². The van der Waals surface area contributed by atoms with E-state index in [2.05, 4.69) is 15.4 Å². The molecule has 1 N–H and O–H groups in total. The van der Waals surface area contributed by atoms with Gasteiger partial charge < -0.3 is 9.73 Å². The summed E-state index contributed by atoms with van der Waals surface area (Å²) >= 11 is 0. The lowest BCUT2D eigenvalue weighted by Crippen LogP contribution is -2.25. The number of hydrogen-bond acceptors (Lipinski definition) is 5. The van der Waals surface area contributed by atoms with E-state index >= 15 is 0 Å². The summed E-state index contributed by atoms with van der Waals surface area (Å²) in [7, 11) is 1.53. The fraction of sp³-hybridized carbons (Fsp3) is 0.0435. The first-order chi connectivity index (χ1) is 14.6. The fourth-order valence-corrected chi connectivity index (χ4v) is 3.35. The number of benzene rings is 3. The summed E-state index contributed by atoms with van der Waals surface area (Å²) in [6.45, 7) is 0. The van der Waals surface area contributed by atoms with Crippen molar-refractivity contribution in [3.63, 3.8) is 0 Å². The summed E-state index contributed by atoms with van der Waals surface area (Å²) in [4.78, 5) is 29.6. The first-order valence-electron chi connectivity index (χ1n) is 9.33. The van der Waals surface area contributed by atoms with Crippen LogP contribution in [0.3, 0.4) is 0 Å². The maximum Gasteiger partial charge on any atom is 0.276 e. The maximum absolute atomic E-state index is 12.8. The van der Waals surface area contributed by atoms with E-state index in [9.17, 15) is 9.59 Å². The van der Waals surface area contributed by atoms with Crippen LogP contribution in [-0.4, -0.2) is 20.7 Å². The molecule has 0 spiro atoms. The van der Waals surface area contributed by atoms with Crippen LogP contribution in [-0.2, 0) is 7.05 Å². The molecule has 2 aromatic heterocycles. The van der Waals surface area contributed by atoms with E-state index in [-0.39, 0.29) is 11.3 Å². The summed E-state index contributed by atoms with van der Waals surface area (Å²) in [6, 6.07) is 21.7. The predicted molar refractivity (Wildman–Crippen MR) is 114 cm³/mol. The summed E-state index contributed by atoms with van der Waals surface area (Å²) in [5.41, 5.74) is 2.85. The molecule has 0 saturated carbocycles. The van der Waals surface area contributed by atoms with Gasteiger partial charge in [0.05, 0.1) is 5.39 Å². The van der Waals surface area contributed by atoms with Crippen molar-refractivity contribution in [1.82, 2.24) is 14.8 Å². The maximum atomic E-state index is 12.8. The average Bonchev–Trinajstić information content (AvgIpc) is 3.21. The Morgan fingerprint density at radius 1 is 0.933 bits per heavy atom. The number of aryl methyl sites for hydroxylation is 1. The first-order valence-corrected chi connectivity index (χ1v) is 9.33. The number of para-hydroxylation sites is 2. The van der Waals surface area contributed by atoms with Gasteiger partial charge in [-0.2, -0.15) is 5.10 Å². The number of carbonyl (C=O) groups is 1. The first kappa shape index (κ1) is 17.8. The van der Waals surface area contributed by atoms with E-state index in [4.69, 9.17) is 4.42 Å². The second kappa shape index (κ2) is 6.97. The summed E-state index contributed by atoms with van der Waals surface area (Å²) in [6.07, 6.45) is 0. The van der Waals surface area contributed by atoms with Gasteiger partial charge in [-0.05, 0) is 42.5 Å². The Bertz CT molecular complexity index is 1430. The SMILES string of the molecule is Cn1nc(C(=O)Nc2ccc(-c3nc4ccccc4o3)cc2)c2ccccc2c1=O. The fourth-order valence-electron chi connectivity index (χ4n) is 3.35. The van der Waals surface area contributed by atoms with E-state index in [1.165, 1.54) is 11.7 Å². The minimum absolute atomic E-state index is 0.190. The van der Waals surface area contributed by atoms with Gasteiger partial charge in [-0.3, -0.25) is 9.59 Å². The van der Waals surface area contributed by atoms with Crippen LogP contribution in [0.4, 0.5) is 5.69 Å². The minimum Gasteiger partial charge on any atom is -0.436 e. The number of rotatable bonds is 3. The smallest absolute Gasteiger partial charge is 0.276 e. The second-order valence-corrected chi connectivity index (χ2v) is 6.84. The molecule has 7 nitrogen and oxygen atoms in total. The van der Waals surface area contributed by atoms with E-state index in [1.807, 2.05) is 36.4 Å². The van der Waals surface area contributed by atoms with Crippen molar-refractivity contribution in [2.45, 2.75) is 0 Å². The lowest BCUT2D eigenvalue weighted by atomic mass is 10.1. The van der Waals surface area contributed by atoms with Crippen LogP contribution in [0.2, 0.25) is 0 Å². The lowest BCUT2D eigenvalue weighted by molar-refractivity contribution is 0.102. The van der Waals surface area contributed by atoms with Crippen molar-refractivity contribution in [2.24, 2.45) is 7.05 Å². The molecule has 30 heavy (non-hydrogen) atoms. The van der Waals surface area contributed by atoms with Crippen LogP contribution in [0.25, 0.3) is 33.3 Å². The zero-order valence-corrected chi connectivity index (χ0v) is 16.0. The van der Waals surface area contributed by atoms with Crippen molar-refractivity contribution in [3.8, 4) is 11.5 Å². The Balaban J connectivity index is 1.44. The Kier molecular flexibility index (Phi) is 4.14. The normalized spacial score (nSPS) is 11.1. The number of fused-ring (bicyclic) bond motifs is 2. The van der Waals surface area contributed by atoms with Crippen LogP contribution in [0.15, 0.2) is 82.0 Å². The van der Waals surface area contributed by atoms with Gasteiger partial charge >= 0.3 is 0 Å². The van der Waals surface area contributed by atoms with Crippen LogP contribution in [0.5, 0.6) is 0 Å². The highest BCUT2D eigenvalue weighted by Gasteiger charge is 2.16. The molecule has 0 aliphatic heterocycles. The molecule has 0 fully saturated rings. The van der Waals surface area contributed by atoms with E-state index < -0.39 is 5.91 Å². The van der Waals surface area contributed by atoms with Gasteiger partial charge in [0, 0.05) is 23.7 Å². The van der Waals surface area contributed by atoms with Crippen molar-refractivity contribution in [2.75, 3.05) is 5.32 Å². The number of nitrogens with one attached hydrogen (secondary N) is 1. The quantitative estimate of drug-likeness (QED) is 0.498. The Morgan fingerprint density at radius 3 is 2.40 bits per heavy atom. The van der Waals surface area contributed by atoms with Gasteiger partial charge in [-0.25, -0.2) is 9.67 Å². The molecule has 2 heterocycles. The number of nitrogens with zero attached hydrogens (tertiary/aromatic N) is 3. The summed E-state index contributed by atoms with van der Waals surface area (Å²) in [5.74, 6) is 0.121. The molecular weight excluding hydrogens is 380 g/mol. The number of amides is 1. The molecule has 0 saturated heterocycles. The topological polar surface area (TPSA) is 90.0 Å². The highest BCUT2D eigenvalue weighted by Crippen LogP contribution is 2.25. The molecule has 0 aliphatic carbocycles. The average molecular weight is 396 g/mol. The van der Waals surface area contributed by atoms with Gasteiger partial charge in [-0.1, -0.05) is 30.3 Å². The third-order valence-corrected chi connectivity index (χ3v) is 4.86. The largest absolute Gasteiger partial charge is 0.436 e. The number of oxazole rings is 1. The molecule has 0 radical (unpaired) electrons. The van der Waals surface area contributed by atoms with Crippen molar-refractivity contribution in [1.29, 1.82) is 0 Å². The van der Waals surface area contributed by atoms with Gasteiger partial charge in [-0.15, -0.1) is 0 Å². The molecule has 7 heteroatoms. The molecule has 0 atom stereocenters. The Morgan fingerprint density at radius 2 is 1.63 bits per heavy atom. The number of carbonyl (C=O) groups excluding carboxylic acids is 1. The molecule has 3 aromatic carbocycles. The van der Waals surface area contributed by atoms with Crippen molar-refractivity contribution in [3.05, 3.63) is 88.8 Å². The number of anilines is 1. The standard InChI is InChI=1S/C23H16N4O3/c1-27-23(29)17-7-3-2-6-16(17)20(26-27)21(28)24-15-12-10-14(11-13-15)22-25-18-8-4-5-9-19(18)30-22/h2-13H,1H3,(H,24,28). The number of hydrogen-bond donors (Lipinski definition) is 1. The van der Waals surface area contributed by atoms with Crippen LogP contribution in [0, 0.1) is 0 Å². The molecule has 0 unspecified atom stereocenters. The zero-order valence-electron chi connectivity index (χ0n) is 16.0. The monoisotopic (exact) mass is 396 g/mol. The third-order valence-electron chi connectivity index (χ3n) is 4.86. The second-order valence-electron chi connectivity index (χ2n) is 6.84. The molecule has 146 valence electrons. The predicted octanol–water partition coefficient (Wildman–Crippen LogP) is 3.99. The van der Waals surface area contributed by atoms with E-state index in [0.717, 1.165) is 16.7 Å². The van der Waals surface area contributed by atoms with Crippen molar-refractivity contribution >= 4 is 33.5 Å². The van der Waals surface area contributed by atoms with Gasteiger partial charge in [0.25, 0.3) is 11.5 Å². The summed E-state index contributed by atoms with van der Waals surface area (Å²) < 4.78 is 6.95. The van der Waals surface area contributed by atoms with Crippen LogP contribution < -0.4 is 10.9 Å². The molecular formula is C23H16N4O3. The zero-order chi connectivity index (χ0) is 20.7. The molecule has 1 amide bonds. The highest BCUT2D eigenvalue weighted by atomic mass is 16.3. The lowest BCUT2D eigenvalue weighted by Gasteiger charge is -2.09. The molecule has 0 bridgehead atoms. The van der Waals surface area contributed by atoms with Gasteiger partial charge in [0.15, 0.2) is 11.3 Å². The van der Waals surface area contributed by atoms with E-state index in [1.54, 1.807) is 36.4 Å². The number of aromatic nitrogens is 3. The Hall–Kier alpha value is -4.26. The Labute approximate surface area is 170 Å². The highest BCUT2D eigenvalue weighted by molar-refractivity contribution is 6.11. The summed E-state index contributed by atoms with van der Waals surface area (Å²) in [5, 5.41) is 7.95. The van der Waals surface area contributed by atoms with Gasteiger partial charge in [0.1, 0.15) is 5.52 Å². The van der Waals surface area contributed by atoms with Crippen LogP contribution in [0.1, 0.15) is 10.5 Å². The van der Waals surface area contributed by atoms with Crippen LogP contribution >= 0.6 is 0 Å². The minimum atomic E-state index is -0.392. The van der Waals surface area contributed by atoms with Gasteiger partial charge in [0.2, 0.25) is 5.89 Å². The van der Waals surface area contributed by atoms with E-state index in [0.29, 0.717) is 22.4 Å².